The number of methoxy groups -OCH3 is 1. The van der Waals surface area contributed by atoms with E-state index < -0.39 is 14.6 Å². The van der Waals surface area contributed by atoms with Crippen LogP contribution in [-0.4, -0.2) is 27.7 Å². The van der Waals surface area contributed by atoms with Crippen molar-refractivity contribution < 1.29 is 14.0 Å². The molecular formula is C13H28O3Si. The summed E-state index contributed by atoms with van der Waals surface area (Å²) < 4.78 is 11.0. The average Bonchev–Trinajstić information content (AvgIpc) is 2.31. The molecule has 0 heterocycles. The summed E-state index contributed by atoms with van der Waals surface area (Å²) in [4.78, 5) is 12.1. The second-order valence-electron chi connectivity index (χ2n) is 4.86. The zero-order valence-corrected chi connectivity index (χ0v) is 13.2. The van der Waals surface area contributed by atoms with Crippen molar-refractivity contribution in [3.63, 3.8) is 0 Å². The van der Waals surface area contributed by atoms with Crippen LogP contribution < -0.4 is 0 Å². The van der Waals surface area contributed by atoms with Crippen LogP contribution in [0.1, 0.15) is 52.4 Å². The van der Waals surface area contributed by atoms with Gasteiger partial charge in [0.1, 0.15) is 0 Å². The number of carbonyl (C=O) groups excluding carboxylic acids is 1. The number of carbonyl (C=O) groups is 1. The van der Waals surface area contributed by atoms with E-state index in [0.29, 0.717) is 0 Å². The predicted octanol–water partition coefficient (Wildman–Crippen LogP) is 3.28. The van der Waals surface area contributed by atoms with E-state index in [0.717, 1.165) is 38.5 Å². The van der Waals surface area contributed by atoms with E-state index in [1.54, 1.807) is 0 Å². The lowest BCUT2D eigenvalue weighted by molar-refractivity contribution is -0.161. The van der Waals surface area contributed by atoms with Crippen molar-refractivity contribution in [1.82, 2.24) is 0 Å². The molecule has 0 amide bonds. The molecule has 0 radical (unpaired) electrons. The first-order valence-corrected chi connectivity index (χ1v) is 9.56. The molecule has 0 unspecified atom stereocenters. The number of hydrogen-bond donors (Lipinski definition) is 0. The Morgan fingerprint density at radius 1 is 1.12 bits per heavy atom. The highest BCUT2D eigenvalue weighted by molar-refractivity contribution is 6.48. The summed E-state index contributed by atoms with van der Waals surface area (Å²) in [7, 11) is 0.207. The summed E-state index contributed by atoms with van der Waals surface area (Å²) in [6.07, 6.45) is 5.77. The second-order valence-corrected chi connectivity index (χ2v) is 7.19. The van der Waals surface area contributed by atoms with Crippen LogP contribution in [0.2, 0.25) is 13.1 Å². The van der Waals surface area contributed by atoms with Crippen molar-refractivity contribution in [2.24, 2.45) is 0 Å². The Hall–Kier alpha value is -0.353. The van der Waals surface area contributed by atoms with E-state index in [1.165, 1.54) is 7.11 Å². The van der Waals surface area contributed by atoms with Gasteiger partial charge in [-0.25, -0.2) is 4.79 Å². The van der Waals surface area contributed by atoms with Crippen LogP contribution in [-0.2, 0) is 14.0 Å². The SMILES string of the molecule is CCCCC(CCCC)(O[SiH](C)C)C(=O)OC. The minimum absolute atomic E-state index is 0.180. The highest BCUT2D eigenvalue weighted by atomic mass is 28.3. The molecule has 0 bridgehead atoms. The lowest BCUT2D eigenvalue weighted by Gasteiger charge is -2.33. The van der Waals surface area contributed by atoms with Gasteiger partial charge in [0.05, 0.1) is 7.11 Å². The molecule has 0 aromatic carbocycles. The Bertz CT molecular complexity index is 209. The van der Waals surface area contributed by atoms with E-state index in [9.17, 15) is 4.79 Å². The molecule has 0 fully saturated rings. The van der Waals surface area contributed by atoms with Gasteiger partial charge in [-0.05, 0) is 25.9 Å². The molecule has 4 heteroatoms. The van der Waals surface area contributed by atoms with Crippen LogP contribution in [0.3, 0.4) is 0 Å². The molecule has 0 aromatic rings. The second kappa shape index (κ2) is 8.70. The Morgan fingerprint density at radius 2 is 1.59 bits per heavy atom. The fraction of sp³-hybridized carbons (Fsp3) is 0.923. The largest absolute Gasteiger partial charge is 0.467 e. The topological polar surface area (TPSA) is 35.5 Å². The number of unbranched alkanes of at least 4 members (excludes halogenated alkanes) is 2. The lowest BCUT2D eigenvalue weighted by atomic mass is 9.91. The van der Waals surface area contributed by atoms with E-state index in [2.05, 4.69) is 26.9 Å². The summed E-state index contributed by atoms with van der Waals surface area (Å²) in [6, 6.07) is 0. The van der Waals surface area contributed by atoms with Crippen molar-refractivity contribution in [2.75, 3.05) is 7.11 Å². The Kier molecular flexibility index (Phi) is 8.52. The molecule has 0 saturated heterocycles. The third-order valence-corrected chi connectivity index (χ3v) is 3.81. The molecule has 0 saturated carbocycles. The molecule has 0 rings (SSSR count). The maximum absolute atomic E-state index is 12.1. The molecule has 3 nitrogen and oxygen atoms in total. The molecule has 0 aliphatic rings. The van der Waals surface area contributed by atoms with Gasteiger partial charge in [-0.2, -0.15) is 0 Å². The summed E-state index contributed by atoms with van der Waals surface area (Å²) in [5, 5.41) is 0. The summed E-state index contributed by atoms with van der Waals surface area (Å²) in [5.41, 5.74) is -0.666. The molecule has 0 aliphatic carbocycles. The molecule has 17 heavy (non-hydrogen) atoms. The maximum Gasteiger partial charge on any atom is 0.336 e. The smallest absolute Gasteiger partial charge is 0.336 e. The fourth-order valence-electron chi connectivity index (χ4n) is 2.06. The molecule has 0 aliphatic heterocycles. The van der Waals surface area contributed by atoms with Crippen LogP contribution in [0.15, 0.2) is 0 Å². The third kappa shape index (κ3) is 5.68. The van der Waals surface area contributed by atoms with Crippen molar-refractivity contribution >= 4 is 15.0 Å². The van der Waals surface area contributed by atoms with Gasteiger partial charge in [0.2, 0.25) is 0 Å². The van der Waals surface area contributed by atoms with E-state index in [-0.39, 0.29) is 5.97 Å². The molecular weight excluding hydrogens is 232 g/mol. The van der Waals surface area contributed by atoms with Gasteiger partial charge in [-0.15, -0.1) is 0 Å². The predicted molar refractivity (Wildman–Crippen MR) is 73.8 cm³/mol. The first-order valence-electron chi connectivity index (χ1n) is 6.78. The number of rotatable bonds is 9. The zero-order chi connectivity index (χ0) is 13.3. The molecule has 102 valence electrons. The van der Waals surface area contributed by atoms with Gasteiger partial charge in [-0.1, -0.05) is 39.5 Å². The van der Waals surface area contributed by atoms with Crippen LogP contribution in [0.4, 0.5) is 0 Å². The Balaban J connectivity index is 4.83. The van der Waals surface area contributed by atoms with Crippen LogP contribution in [0, 0.1) is 0 Å². The van der Waals surface area contributed by atoms with Gasteiger partial charge in [-0.3, -0.25) is 0 Å². The van der Waals surface area contributed by atoms with Crippen LogP contribution >= 0.6 is 0 Å². The van der Waals surface area contributed by atoms with E-state index >= 15 is 0 Å². The number of hydrogen-bond acceptors (Lipinski definition) is 3. The monoisotopic (exact) mass is 260 g/mol. The van der Waals surface area contributed by atoms with E-state index in [4.69, 9.17) is 9.16 Å². The minimum atomic E-state index is -1.25. The number of esters is 1. The summed E-state index contributed by atoms with van der Waals surface area (Å²) in [5.74, 6) is -0.180. The number of ether oxygens (including phenoxy) is 1. The minimum Gasteiger partial charge on any atom is -0.467 e. The first-order chi connectivity index (χ1) is 8.02. The van der Waals surface area contributed by atoms with Crippen molar-refractivity contribution in [3.05, 3.63) is 0 Å². The molecule has 0 N–H and O–H groups in total. The standard InChI is InChI=1S/C13H28O3Si/c1-6-8-10-13(11-9-7-2,12(14)15-3)16-17(4)5/h17H,6-11H2,1-5H3. The van der Waals surface area contributed by atoms with Crippen molar-refractivity contribution in [1.29, 1.82) is 0 Å². The Labute approximate surface area is 108 Å². The highest BCUT2D eigenvalue weighted by Gasteiger charge is 2.39. The van der Waals surface area contributed by atoms with Crippen molar-refractivity contribution in [3.8, 4) is 0 Å². The quantitative estimate of drug-likeness (QED) is 0.471. The normalized spacial score (nSPS) is 11.9. The summed E-state index contributed by atoms with van der Waals surface area (Å²) >= 11 is 0. The van der Waals surface area contributed by atoms with Gasteiger partial charge in [0, 0.05) is 0 Å². The highest BCUT2D eigenvalue weighted by Crippen LogP contribution is 2.28. The maximum atomic E-state index is 12.1. The van der Waals surface area contributed by atoms with Crippen molar-refractivity contribution in [2.45, 2.75) is 71.1 Å². The molecule has 0 atom stereocenters. The van der Waals surface area contributed by atoms with E-state index in [1.807, 2.05) is 0 Å². The van der Waals surface area contributed by atoms with Gasteiger partial charge in [0.15, 0.2) is 14.6 Å². The van der Waals surface area contributed by atoms with Crippen LogP contribution in [0.25, 0.3) is 0 Å². The third-order valence-electron chi connectivity index (χ3n) is 2.89. The van der Waals surface area contributed by atoms with Gasteiger partial charge in [0.25, 0.3) is 0 Å². The molecule has 0 spiro atoms. The van der Waals surface area contributed by atoms with Crippen LogP contribution in [0.5, 0.6) is 0 Å². The van der Waals surface area contributed by atoms with Gasteiger partial charge >= 0.3 is 5.97 Å². The fourth-order valence-corrected chi connectivity index (χ4v) is 3.29. The van der Waals surface area contributed by atoms with Gasteiger partial charge < -0.3 is 9.16 Å². The first kappa shape index (κ1) is 16.6. The zero-order valence-electron chi connectivity index (χ0n) is 12.0. The summed E-state index contributed by atoms with van der Waals surface area (Å²) in [6.45, 7) is 8.48. The lowest BCUT2D eigenvalue weighted by Crippen LogP contribution is -2.45. The Morgan fingerprint density at radius 3 is 1.88 bits per heavy atom. The molecule has 0 aromatic heterocycles. The average molecular weight is 260 g/mol.